The molecule has 0 fully saturated rings. The van der Waals surface area contributed by atoms with Gasteiger partial charge in [0.2, 0.25) is 5.95 Å². The second-order valence-electron chi connectivity index (χ2n) is 3.96. The molecule has 0 radical (unpaired) electrons. The summed E-state index contributed by atoms with van der Waals surface area (Å²) >= 11 is 6.13. The molecule has 0 aliphatic rings. The number of nitrogens with zero attached hydrogens (tertiary/aromatic N) is 3. The van der Waals surface area contributed by atoms with E-state index in [1.165, 1.54) is 0 Å². The van der Waals surface area contributed by atoms with E-state index >= 15 is 0 Å². The number of rotatable bonds is 8. The first-order valence-electron chi connectivity index (χ1n) is 6.35. The standard InChI is InChI=1S/C12H21ClN4O/c1-3-5-6-17(7-8-18)11-10(13)9-15-12(16-11)14-4-2/h9,18H,3-8H2,1-2H3,(H,14,15,16). The first kappa shape index (κ1) is 15.0. The van der Waals surface area contributed by atoms with E-state index in [1.807, 2.05) is 11.8 Å². The fraction of sp³-hybridized carbons (Fsp3) is 0.667. The third-order valence-electron chi connectivity index (χ3n) is 2.51. The van der Waals surface area contributed by atoms with Gasteiger partial charge in [-0.1, -0.05) is 24.9 Å². The van der Waals surface area contributed by atoms with Crippen molar-refractivity contribution >= 4 is 23.4 Å². The van der Waals surface area contributed by atoms with Crippen LogP contribution in [0.5, 0.6) is 0 Å². The summed E-state index contributed by atoms with van der Waals surface area (Å²) in [4.78, 5) is 10.5. The quantitative estimate of drug-likeness (QED) is 0.759. The van der Waals surface area contributed by atoms with Crippen LogP contribution in [0.15, 0.2) is 6.20 Å². The molecule has 1 rings (SSSR count). The molecule has 0 aliphatic carbocycles. The highest BCUT2D eigenvalue weighted by Gasteiger charge is 2.12. The van der Waals surface area contributed by atoms with E-state index in [-0.39, 0.29) is 6.61 Å². The van der Waals surface area contributed by atoms with Gasteiger partial charge in [0.1, 0.15) is 5.02 Å². The summed E-state index contributed by atoms with van der Waals surface area (Å²) in [5.74, 6) is 1.25. The van der Waals surface area contributed by atoms with Crippen molar-refractivity contribution in [1.29, 1.82) is 0 Å². The third kappa shape index (κ3) is 4.31. The van der Waals surface area contributed by atoms with Crippen LogP contribution in [0.2, 0.25) is 5.02 Å². The molecule has 102 valence electrons. The van der Waals surface area contributed by atoms with Gasteiger partial charge < -0.3 is 15.3 Å². The molecule has 18 heavy (non-hydrogen) atoms. The largest absolute Gasteiger partial charge is 0.395 e. The van der Waals surface area contributed by atoms with Crippen LogP contribution in [-0.4, -0.2) is 41.3 Å². The van der Waals surface area contributed by atoms with Crippen molar-refractivity contribution in [3.8, 4) is 0 Å². The molecular weight excluding hydrogens is 252 g/mol. The van der Waals surface area contributed by atoms with E-state index < -0.39 is 0 Å². The van der Waals surface area contributed by atoms with E-state index in [4.69, 9.17) is 16.7 Å². The molecule has 0 atom stereocenters. The highest BCUT2D eigenvalue weighted by molar-refractivity contribution is 6.32. The molecule has 5 nitrogen and oxygen atoms in total. The highest BCUT2D eigenvalue weighted by atomic mass is 35.5. The van der Waals surface area contributed by atoms with Crippen molar-refractivity contribution in [3.63, 3.8) is 0 Å². The number of hydrogen-bond acceptors (Lipinski definition) is 5. The normalized spacial score (nSPS) is 10.4. The van der Waals surface area contributed by atoms with Gasteiger partial charge in [-0.05, 0) is 13.3 Å². The minimum absolute atomic E-state index is 0.0839. The number of nitrogens with one attached hydrogen (secondary N) is 1. The Morgan fingerprint density at radius 2 is 2.17 bits per heavy atom. The first-order chi connectivity index (χ1) is 8.72. The number of aliphatic hydroxyl groups excluding tert-OH is 1. The lowest BCUT2D eigenvalue weighted by Gasteiger charge is -2.23. The van der Waals surface area contributed by atoms with Gasteiger partial charge in [0.15, 0.2) is 5.82 Å². The molecule has 0 unspecified atom stereocenters. The number of halogens is 1. The number of aromatic nitrogens is 2. The van der Waals surface area contributed by atoms with Crippen LogP contribution in [0.3, 0.4) is 0 Å². The lowest BCUT2D eigenvalue weighted by atomic mass is 10.3. The molecule has 0 aromatic carbocycles. The maximum atomic E-state index is 9.12. The lowest BCUT2D eigenvalue weighted by Crippen LogP contribution is -2.29. The molecule has 1 heterocycles. The van der Waals surface area contributed by atoms with Crippen LogP contribution >= 0.6 is 11.6 Å². The van der Waals surface area contributed by atoms with Gasteiger partial charge in [0.05, 0.1) is 12.8 Å². The molecule has 2 N–H and O–H groups in total. The number of anilines is 2. The molecule has 0 aliphatic heterocycles. The van der Waals surface area contributed by atoms with Crippen molar-refractivity contribution in [2.75, 3.05) is 36.5 Å². The first-order valence-corrected chi connectivity index (χ1v) is 6.72. The van der Waals surface area contributed by atoms with Gasteiger partial charge in [0.25, 0.3) is 0 Å². The topological polar surface area (TPSA) is 61.3 Å². The van der Waals surface area contributed by atoms with Gasteiger partial charge in [-0.15, -0.1) is 0 Å². The van der Waals surface area contributed by atoms with Crippen LogP contribution in [0.1, 0.15) is 26.7 Å². The van der Waals surface area contributed by atoms with Gasteiger partial charge in [-0.2, -0.15) is 4.98 Å². The van der Waals surface area contributed by atoms with Gasteiger partial charge in [-0.25, -0.2) is 4.98 Å². The van der Waals surface area contributed by atoms with Crippen molar-refractivity contribution < 1.29 is 5.11 Å². The number of aliphatic hydroxyl groups is 1. The van der Waals surface area contributed by atoms with Gasteiger partial charge in [-0.3, -0.25) is 0 Å². The smallest absolute Gasteiger partial charge is 0.224 e. The van der Waals surface area contributed by atoms with Gasteiger partial charge >= 0.3 is 0 Å². The monoisotopic (exact) mass is 272 g/mol. The predicted molar refractivity (Wildman–Crippen MR) is 75.4 cm³/mol. The second kappa shape index (κ2) is 8.11. The molecule has 6 heteroatoms. The van der Waals surface area contributed by atoms with E-state index in [1.54, 1.807) is 6.20 Å². The number of unbranched alkanes of at least 4 members (excludes halogenated alkanes) is 1. The average Bonchev–Trinajstić information content (AvgIpc) is 2.37. The summed E-state index contributed by atoms with van der Waals surface area (Å²) in [6, 6.07) is 0. The zero-order valence-corrected chi connectivity index (χ0v) is 11.7. The summed E-state index contributed by atoms with van der Waals surface area (Å²) in [5.41, 5.74) is 0. The summed E-state index contributed by atoms with van der Waals surface area (Å²) < 4.78 is 0. The zero-order chi connectivity index (χ0) is 13.4. The fourth-order valence-electron chi connectivity index (χ4n) is 1.62. The summed E-state index contributed by atoms with van der Waals surface area (Å²) in [5, 5.41) is 12.7. The Kier molecular flexibility index (Phi) is 6.75. The number of hydrogen-bond donors (Lipinski definition) is 2. The Bertz CT molecular complexity index is 362. The Hall–Kier alpha value is -1.07. The molecule has 1 aromatic heterocycles. The van der Waals surface area contributed by atoms with E-state index in [0.29, 0.717) is 23.3 Å². The van der Waals surface area contributed by atoms with Crippen LogP contribution in [0.25, 0.3) is 0 Å². The van der Waals surface area contributed by atoms with E-state index in [0.717, 1.165) is 25.9 Å². The maximum Gasteiger partial charge on any atom is 0.224 e. The fourth-order valence-corrected chi connectivity index (χ4v) is 1.83. The van der Waals surface area contributed by atoms with E-state index in [9.17, 15) is 0 Å². The third-order valence-corrected chi connectivity index (χ3v) is 2.78. The predicted octanol–water partition coefficient (Wildman–Crippen LogP) is 2.16. The molecule has 1 aromatic rings. The van der Waals surface area contributed by atoms with Crippen LogP contribution in [-0.2, 0) is 0 Å². The van der Waals surface area contributed by atoms with Crippen molar-refractivity contribution in [2.45, 2.75) is 26.7 Å². The van der Waals surface area contributed by atoms with Crippen molar-refractivity contribution in [2.24, 2.45) is 0 Å². The maximum absolute atomic E-state index is 9.12. The molecule has 0 spiro atoms. The summed E-state index contributed by atoms with van der Waals surface area (Å²) in [6.07, 6.45) is 3.72. The van der Waals surface area contributed by atoms with E-state index in [2.05, 4.69) is 22.2 Å². The molecule has 0 saturated carbocycles. The second-order valence-corrected chi connectivity index (χ2v) is 4.37. The van der Waals surface area contributed by atoms with Crippen molar-refractivity contribution in [1.82, 2.24) is 9.97 Å². The SMILES string of the molecule is CCCCN(CCO)c1nc(NCC)ncc1Cl. The Morgan fingerprint density at radius 1 is 1.39 bits per heavy atom. The Morgan fingerprint density at radius 3 is 2.78 bits per heavy atom. The van der Waals surface area contributed by atoms with Crippen molar-refractivity contribution in [3.05, 3.63) is 11.2 Å². The lowest BCUT2D eigenvalue weighted by molar-refractivity contribution is 0.301. The molecule has 0 bridgehead atoms. The van der Waals surface area contributed by atoms with Gasteiger partial charge in [0, 0.05) is 19.6 Å². The Balaban J connectivity index is 2.89. The van der Waals surface area contributed by atoms with Crippen LogP contribution in [0.4, 0.5) is 11.8 Å². The summed E-state index contributed by atoms with van der Waals surface area (Å²) in [7, 11) is 0. The minimum Gasteiger partial charge on any atom is -0.395 e. The summed E-state index contributed by atoms with van der Waals surface area (Å²) in [6.45, 7) is 6.32. The van der Waals surface area contributed by atoms with Crippen LogP contribution in [0, 0.1) is 0 Å². The minimum atomic E-state index is 0.0839. The highest BCUT2D eigenvalue weighted by Crippen LogP contribution is 2.23. The average molecular weight is 273 g/mol. The molecule has 0 amide bonds. The van der Waals surface area contributed by atoms with Crippen LogP contribution < -0.4 is 10.2 Å². The molecular formula is C12H21ClN4O. The zero-order valence-electron chi connectivity index (χ0n) is 11.0. The molecule has 0 saturated heterocycles. The Labute approximate surface area is 113 Å².